The molecule has 1 atom stereocenters. The molecule has 2 rings (SSSR count). The second-order valence-electron chi connectivity index (χ2n) is 5.07. The highest BCUT2D eigenvalue weighted by Crippen LogP contribution is 2.49. The lowest BCUT2D eigenvalue weighted by molar-refractivity contribution is 0.0243. The Morgan fingerprint density at radius 2 is 2.33 bits per heavy atom. The molecule has 1 unspecified atom stereocenters. The number of ether oxygens (including phenoxy) is 1. The van der Waals surface area contributed by atoms with E-state index in [1.807, 2.05) is 0 Å². The van der Waals surface area contributed by atoms with Crippen molar-refractivity contribution in [3.63, 3.8) is 0 Å². The zero-order valence-corrected chi connectivity index (χ0v) is 9.54. The Kier molecular flexibility index (Phi) is 3.28. The third-order valence-electron chi connectivity index (χ3n) is 3.77. The van der Waals surface area contributed by atoms with Crippen LogP contribution in [0.4, 0.5) is 0 Å². The first-order chi connectivity index (χ1) is 7.28. The second-order valence-corrected chi connectivity index (χ2v) is 5.07. The topological polar surface area (TPSA) is 36.3 Å². The summed E-state index contributed by atoms with van der Waals surface area (Å²) >= 11 is 0. The highest BCUT2D eigenvalue weighted by atomic mass is 16.5. The van der Waals surface area contributed by atoms with E-state index in [9.17, 15) is 0 Å². The third-order valence-corrected chi connectivity index (χ3v) is 3.77. The van der Waals surface area contributed by atoms with Crippen molar-refractivity contribution in [2.75, 3.05) is 26.7 Å². The van der Waals surface area contributed by atoms with E-state index < -0.39 is 0 Å². The van der Waals surface area contributed by atoms with Crippen molar-refractivity contribution < 1.29 is 4.74 Å². The van der Waals surface area contributed by atoms with Crippen LogP contribution in [0.2, 0.25) is 0 Å². The van der Waals surface area contributed by atoms with Crippen molar-refractivity contribution in [3.8, 4) is 6.07 Å². The highest BCUT2D eigenvalue weighted by molar-refractivity contribution is 5.01. The van der Waals surface area contributed by atoms with E-state index in [4.69, 9.17) is 10.00 Å². The first-order valence-electron chi connectivity index (χ1n) is 5.90. The fourth-order valence-corrected chi connectivity index (χ4v) is 2.56. The Hall–Kier alpha value is -0.590. The first kappa shape index (κ1) is 10.9. The Balaban J connectivity index is 1.82. The minimum atomic E-state index is 0.352. The molecule has 0 bridgehead atoms. The third kappa shape index (κ3) is 2.70. The van der Waals surface area contributed by atoms with Gasteiger partial charge in [0, 0.05) is 26.6 Å². The molecule has 1 saturated heterocycles. The number of nitrogens with zero attached hydrogens (tertiary/aromatic N) is 2. The van der Waals surface area contributed by atoms with Gasteiger partial charge in [-0.2, -0.15) is 5.26 Å². The van der Waals surface area contributed by atoms with Crippen LogP contribution in [0, 0.1) is 16.7 Å². The lowest BCUT2D eigenvalue weighted by atomic mass is 10.00. The van der Waals surface area contributed by atoms with Gasteiger partial charge in [-0.05, 0) is 37.6 Å². The minimum absolute atomic E-state index is 0.352. The Morgan fingerprint density at radius 1 is 1.53 bits per heavy atom. The molecule has 3 nitrogen and oxygen atoms in total. The number of hydrogen-bond acceptors (Lipinski definition) is 3. The maximum atomic E-state index is 8.78. The van der Waals surface area contributed by atoms with Gasteiger partial charge in [-0.1, -0.05) is 0 Å². The molecule has 3 heteroatoms. The van der Waals surface area contributed by atoms with Crippen molar-refractivity contribution in [1.29, 1.82) is 5.26 Å². The molecule has 0 N–H and O–H groups in total. The fraction of sp³-hybridized carbons (Fsp3) is 0.917. The van der Waals surface area contributed by atoms with Gasteiger partial charge < -0.3 is 9.64 Å². The van der Waals surface area contributed by atoms with Crippen LogP contribution in [0.1, 0.15) is 32.1 Å². The Bertz CT molecular complexity index is 255. The van der Waals surface area contributed by atoms with E-state index in [1.165, 1.54) is 32.2 Å². The molecule has 0 spiro atoms. The summed E-state index contributed by atoms with van der Waals surface area (Å²) in [5, 5.41) is 8.78. The number of hydrogen-bond donors (Lipinski definition) is 0. The van der Waals surface area contributed by atoms with Gasteiger partial charge in [0.25, 0.3) is 0 Å². The summed E-state index contributed by atoms with van der Waals surface area (Å²) in [5.74, 6) is 0. The molecule has 0 radical (unpaired) electrons. The van der Waals surface area contributed by atoms with E-state index in [2.05, 4.69) is 11.0 Å². The number of likely N-dealkylation sites (tertiary alicyclic amines) is 1. The summed E-state index contributed by atoms with van der Waals surface area (Å²) in [4.78, 5) is 2.49. The van der Waals surface area contributed by atoms with Crippen LogP contribution >= 0.6 is 0 Å². The van der Waals surface area contributed by atoms with E-state index in [-0.39, 0.29) is 0 Å². The molecule has 0 aromatic heterocycles. The van der Waals surface area contributed by atoms with Crippen molar-refractivity contribution >= 4 is 0 Å². The van der Waals surface area contributed by atoms with Crippen LogP contribution < -0.4 is 0 Å². The summed E-state index contributed by atoms with van der Waals surface area (Å²) in [5.41, 5.74) is 0.352. The van der Waals surface area contributed by atoms with Gasteiger partial charge in [-0.15, -0.1) is 0 Å². The van der Waals surface area contributed by atoms with Crippen molar-refractivity contribution in [3.05, 3.63) is 0 Å². The zero-order chi connectivity index (χ0) is 10.7. The van der Waals surface area contributed by atoms with Gasteiger partial charge >= 0.3 is 0 Å². The van der Waals surface area contributed by atoms with Gasteiger partial charge in [0.1, 0.15) is 0 Å². The van der Waals surface area contributed by atoms with Crippen LogP contribution in [-0.2, 0) is 4.74 Å². The van der Waals surface area contributed by atoms with Crippen molar-refractivity contribution in [2.24, 2.45) is 5.41 Å². The largest absolute Gasteiger partial charge is 0.380 e. The Morgan fingerprint density at radius 3 is 2.93 bits per heavy atom. The van der Waals surface area contributed by atoms with Crippen molar-refractivity contribution in [2.45, 2.75) is 38.2 Å². The van der Waals surface area contributed by atoms with E-state index in [1.54, 1.807) is 7.11 Å². The van der Waals surface area contributed by atoms with E-state index >= 15 is 0 Å². The minimum Gasteiger partial charge on any atom is -0.380 e. The quantitative estimate of drug-likeness (QED) is 0.706. The molecule has 84 valence electrons. The van der Waals surface area contributed by atoms with Crippen LogP contribution in [0.25, 0.3) is 0 Å². The number of methoxy groups -OCH3 is 1. The van der Waals surface area contributed by atoms with Crippen LogP contribution in [0.15, 0.2) is 0 Å². The van der Waals surface area contributed by atoms with Gasteiger partial charge in [0.2, 0.25) is 0 Å². The number of nitriles is 1. The van der Waals surface area contributed by atoms with Gasteiger partial charge in [0.05, 0.1) is 12.2 Å². The SMILES string of the molecule is COC1CCCN(CC2(CC#N)CC2)C1. The lowest BCUT2D eigenvalue weighted by Gasteiger charge is -2.34. The monoisotopic (exact) mass is 208 g/mol. The molecule has 2 aliphatic rings. The predicted molar refractivity (Wildman–Crippen MR) is 58.4 cm³/mol. The van der Waals surface area contributed by atoms with E-state index in [0.717, 1.165) is 19.5 Å². The smallest absolute Gasteiger partial charge is 0.0698 e. The lowest BCUT2D eigenvalue weighted by Crippen LogP contribution is -2.42. The average Bonchev–Trinajstić information content (AvgIpc) is 2.99. The first-order valence-corrected chi connectivity index (χ1v) is 5.90. The molecule has 1 saturated carbocycles. The Labute approximate surface area is 92.0 Å². The molecule has 2 fully saturated rings. The molecule has 0 aromatic rings. The molecule has 0 amide bonds. The van der Waals surface area contributed by atoms with Gasteiger partial charge in [0.15, 0.2) is 0 Å². The maximum absolute atomic E-state index is 8.78. The summed E-state index contributed by atoms with van der Waals surface area (Å²) in [6.45, 7) is 3.36. The zero-order valence-electron chi connectivity index (χ0n) is 9.54. The molecule has 1 aliphatic carbocycles. The summed E-state index contributed by atoms with van der Waals surface area (Å²) in [6.07, 6.45) is 6.07. The molecular formula is C12H20N2O. The molecule has 1 aliphatic heterocycles. The van der Waals surface area contributed by atoms with Crippen molar-refractivity contribution in [1.82, 2.24) is 4.90 Å². The average molecular weight is 208 g/mol. The highest BCUT2D eigenvalue weighted by Gasteiger charge is 2.44. The normalized spacial score (nSPS) is 29.7. The number of piperidine rings is 1. The van der Waals surface area contributed by atoms with Gasteiger partial charge in [-0.25, -0.2) is 0 Å². The standard InChI is InChI=1S/C12H20N2O/c1-15-11-3-2-8-14(9-11)10-12(4-5-12)6-7-13/h11H,2-6,8-10H2,1H3. The predicted octanol–water partition coefficient (Wildman–Crippen LogP) is 1.79. The second kappa shape index (κ2) is 4.51. The maximum Gasteiger partial charge on any atom is 0.0698 e. The molecular weight excluding hydrogens is 188 g/mol. The molecule has 0 aromatic carbocycles. The van der Waals surface area contributed by atoms with Crippen LogP contribution in [0.5, 0.6) is 0 Å². The number of rotatable bonds is 4. The van der Waals surface area contributed by atoms with Crippen LogP contribution in [0.3, 0.4) is 0 Å². The van der Waals surface area contributed by atoms with Gasteiger partial charge in [-0.3, -0.25) is 0 Å². The van der Waals surface area contributed by atoms with Crippen LogP contribution in [-0.4, -0.2) is 37.7 Å². The van der Waals surface area contributed by atoms with E-state index in [0.29, 0.717) is 11.5 Å². The summed E-state index contributed by atoms with van der Waals surface area (Å²) in [7, 11) is 1.80. The summed E-state index contributed by atoms with van der Waals surface area (Å²) in [6, 6.07) is 2.33. The fourth-order valence-electron chi connectivity index (χ4n) is 2.56. The summed E-state index contributed by atoms with van der Waals surface area (Å²) < 4.78 is 5.41. The molecule has 1 heterocycles. The molecule has 15 heavy (non-hydrogen) atoms.